The summed E-state index contributed by atoms with van der Waals surface area (Å²) in [5.41, 5.74) is 1.13. The molecule has 0 aromatic heterocycles. The first-order valence-electron chi connectivity index (χ1n) is 5.98. The van der Waals surface area contributed by atoms with Crippen LogP contribution in [0.5, 0.6) is 0 Å². The lowest BCUT2D eigenvalue weighted by Gasteiger charge is -2.14. The quantitative estimate of drug-likeness (QED) is 0.748. The van der Waals surface area contributed by atoms with Gasteiger partial charge in [0.1, 0.15) is 0 Å². The molecule has 0 spiro atoms. The molecule has 0 heterocycles. The summed E-state index contributed by atoms with van der Waals surface area (Å²) in [5.74, 6) is -0.928. The molecule has 0 bridgehead atoms. The van der Waals surface area contributed by atoms with Gasteiger partial charge in [0.25, 0.3) is 0 Å². The number of hydrogen-bond acceptors (Lipinski definition) is 2. The van der Waals surface area contributed by atoms with Gasteiger partial charge in [0.05, 0.1) is 6.42 Å². The molecule has 104 valence electrons. The Bertz CT molecular complexity index is 434. The van der Waals surface area contributed by atoms with E-state index in [1.165, 1.54) is 0 Å². The summed E-state index contributed by atoms with van der Waals surface area (Å²) in [4.78, 5) is 21.8. The molecule has 2 amide bonds. The van der Waals surface area contributed by atoms with E-state index in [0.717, 1.165) is 16.5 Å². The molecule has 1 atom stereocenters. The molecule has 0 aliphatic rings. The first kappa shape index (κ1) is 15.5. The number of carbonyl (C=O) groups excluding carboxylic acids is 1. The van der Waals surface area contributed by atoms with Crippen LogP contribution in [0.4, 0.5) is 4.79 Å². The van der Waals surface area contributed by atoms with Gasteiger partial charge in [0.2, 0.25) is 0 Å². The van der Waals surface area contributed by atoms with Gasteiger partial charge < -0.3 is 15.7 Å². The molecule has 1 unspecified atom stereocenters. The Morgan fingerprint density at radius 2 is 1.95 bits per heavy atom. The number of benzene rings is 1. The average Bonchev–Trinajstić information content (AvgIpc) is 2.31. The van der Waals surface area contributed by atoms with Crippen molar-refractivity contribution < 1.29 is 14.7 Å². The largest absolute Gasteiger partial charge is 0.481 e. The van der Waals surface area contributed by atoms with E-state index in [9.17, 15) is 9.59 Å². The third-order valence-electron chi connectivity index (χ3n) is 2.46. The van der Waals surface area contributed by atoms with Crippen molar-refractivity contribution in [1.29, 1.82) is 0 Å². The highest BCUT2D eigenvalue weighted by Crippen LogP contribution is 2.11. The fraction of sp³-hybridized carbons (Fsp3) is 0.385. The third-order valence-corrected chi connectivity index (χ3v) is 2.99. The fourth-order valence-corrected chi connectivity index (χ4v) is 1.85. The predicted molar refractivity (Wildman–Crippen MR) is 76.1 cm³/mol. The Morgan fingerprint density at radius 3 is 2.53 bits per heavy atom. The normalized spacial score (nSPS) is 11.7. The topological polar surface area (TPSA) is 78.4 Å². The van der Waals surface area contributed by atoms with Crippen molar-refractivity contribution in [2.75, 3.05) is 6.54 Å². The van der Waals surface area contributed by atoms with Crippen LogP contribution < -0.4 is 10.6 Å². The zero-order valence-electron chi connectivity index (χ0n) is 10.6. The van der Waals surface area contributed by atoms with Gasteiger partial charge in [-0.3, -0.25) is 4.79 Å². The first-order valence-corrected chi connectivity index (χ1v) is 6.77. The zero-order valence-corrected chi connectivity index (χ0v) is 12.2. The number of amides is 2. The Labute approximate surface area is 120 Å². The maximum atomic E-state index is 11.5. The van der Waals surface area contributed by atoms with E-state index in [1.807, 2.05) is 31.2 Å². The standard InChI is InChI=1S/C13H17BrN2O3/c1-9(8-10-2-4-11(14)5-3-10)16-13(19)15-7-6-12(17)18/h2-5,9H,6-8H2,1H3,(H,17,18)(H2,15,16,19). The van der Waals surface area contributed by atoms with E-state index in [1.54, 1.807) is 0 Å². The van der Waals surface area contributed by atoms with Crippen LogP contribution in [0.1, 0.15) is 18.9 Å². The lowest BCUT2D eigenvalue weighted by atomic mass is 10.1. The van der Waals surface area contributed by atoms with E-state index in [0.29, 0.717) is 0 Å². The van der Waals surface area contributed by atoms with Gasteiger partial charge in [-0.05, 0) is 31.0 Å². The smallest absolute Gasteiger partial charge is 0.315 e. The number of urea groups is 1. The Kier molecular flexibility index (Phi) is 6.35. The molecule has 1 rings (SSSR count). The van der Waals surface area contributed by atoms with Gasteiger partial charge in [-0.2, -0.15) is 0 Å². The maximum Gasteiger partial charge on any atom is 0.315 e. The predicted octanol–water partition coefficient (Wildman–Crippen LogP) is 2.15. The number of carbonyl (C=O) groups is 2. The van der Waals surface area contributed by atoms with Gasteiger partial charge >= 0.3 is 12.0 Å². The summed E-state index contributed by atoms with van der Waals surface area (Å²) in [7, 11) is 0. The summed E-state index contributed by atoms with van der Waals surface area (Å²) in [5, 5.41) is 13.7. The van der Waals surface area contributed by atoms with E-state index in [2.05, 4.69) is 26.6 Å². The van der Waals surface area contributed by atoms with Crippen LogP contribution in [-0.2, 0) is 11.2 Å². The van der Waals surface area contributed by atoms with Crippen LogP contribution >= 0.6 is 15.9 Å². The number of halogens is 1. The first-order chi connectivity index (χ1) is 8.97. The van der Waals surface area contributed by atoms with Crippen LogP contribution in [0.25, 0.3) is 0 Å². The van der Waals surface area contributed by atoms with Crippen molar-refractivity contribution in [3.63, 3.8) is 0 Å². The summed E-state index contributed by atoms with van der Waals surface area (Å²) >= 11 is 3.36. The molecule has 3 N–H and O–H groups in total. The Hall–Kier alpha value is -1.56. The van der Waals surface area contributed by atoms with Gasteiger partial charge in [-0.15, -0.1) is 0 Å². The minimum absolute atomic E-state index is 0.0222. The monoisotopic (exact) mass is 328 g/mol. The number of aliphatic carboxylic acids is 1. The average molecular weight is 329 g/mol. The van der Waals surface area contributed by atoms with Crippen LogP contribution in [0.3, 0.4) is 0 Å². The number of nitrogens with one attached hydrogen (secondary N) is 2. The Balaban J connectivity index is 2.30. The minimum Gasteiger partial charge on any atom is -0.481 e. The van der Waals surface area contributed by atoms with Gasteiger partial charge in [0.15, 0.2) is 0 Å². The molecule has 0 aliphatic carbocycles. The Morgan fingerprint density at radius 1 is 1.32 bits per heavy atom. The van der Waals surface area contributed by atoms with Gasteiger partial charge in [-0.1, -0.05) is 28.1 Å². The minimum atomic E-state index is -0.928. The zero-order chi connectivity index (χ0) is 14.3. The van der Waals surface area contributed by atoms with Crippen molar-refractivity contribution >= 4 is 27.9 Å². The molecule has 19 heavy (non-hydrogen) atoms. The summed E-state index contributed by atoms with van der Waals surface area (Å²) in [6.45, 7) is 2.03. The van der Waals surface area contributed by atoms with Crippen LogP contribution in [0.15, 0.2) is 28.7 Å². The van der Waals surface area contributed by atoms with Gasteiger partial charge in [0, 0.05) is 17.1 Å². The number of carboxylic acid groups (broad SMARTS) is 1. The fourth-order valence-electron chi connectivity index (χ4n) is 1.58. The molecule has 1 aromatic rings. The molecule has 0 saturated carbocycles. The molecular formula is C13H17BrN2O3. The number of carboxylic acids is 1. The molecule has 0 aliphatic heterocycles. The van der Waals surface area contributed by atoms with Crippen LogP contribution in [0, 0.1) is 0 Å². The van der Waals surface area contributed by atoms with Crippen molar-refractivity contribution in [3.05, 3.63) is 34.3 Å². The van der Waals surface area contributed by atoms with Crippen LogP contribution in [-0.4, -0.2) is 29.7 Å². The van der Waals surface area contributed by atoms with E-state index in [-0.39, 0.29) is 25.0 Å². The third kappa shape index (κ3) is 6.81. The lowest BCUT2D eigenvalue weighted by Crippen LogP contribution is -2.42. The highest BCUT2D eigenvalue weighted by atomic mass is 79.9. The van der Waals surface area contributed by atoms with E-state index in [4.69, 9.17) is 5.11 Å². The molecule has 1 aromatic carbocycles. The van der Waals surface area contributed by atoms with Crippen LogP contribution in [0.2, 0.25) is 0 Å². The summed E-state index contributed by atoms with van der Waals surface area (Å²) < 4.78 is 1.02. The molecule has 0 saturated heterocycles. The second-order valence-electron chi connectivity index (χ2n) is 4.28. The van der Waals surface area contributed by atoms with E-state index < -0.39 is 5.97 Å². The molecular weight excluding hydrogens is 312 g/mol. The molecule has 0 radical (unpaired) electrons. The number of rotatable bonds is 6. The van der Waals surface area contributed by atoms with Crippen molar-refractivity contribution in [1.82, 2.24) is 10.6 Å². The summed E-state index contributed by atoms with van der Waals surface area (Å²) in [6.07, 6.45) is 0.647. The maximum absolute atomic E-state index is 11.5. The number of hydrogen-bond donors (Lipinski definition) is 3. The summed E-state index contributed by atoms with van der Waals surface area (Å²) in [6, 6.07) is 7.52. The molecule has 0 fully saturated rings. The van der Waals surface area contributed by atoms with Crippen molar-refractivity contribution in [3.8, 4) is 0 Å². The highest BCUT2D eigenvalue weighted by Gasteiger charge is 2.08. The lowest BCUT2D eigenvalue weighted by molar-refractivity contribution is -0.136. The van der Waals surface area contributed by atoms with E-state index >= 15 is 0 Å². The second kappa shape index (κ2) is 7.78. The van der Waals surface area contributed by atoms with Gasteiger partial charge in [-0.25, -0.2) is 4.79 Å². The van der Waals surface area contributed by atoms with Crippen molar-refractivity contribution in [2.45, 2.75) is 25.8 Å². The molecule has 6 heteroatoms. The highest BCUT2D eigenvalue weighted by molar-refractivity contribution is 9.10. The van der Waals surface area contributed by atoms with Crippen molar-refractivity contribution in [2.24, 2.45) is 0 Å². The molecule has 5 nitrogen and oxygen atoms in total. The second-order valence-corrected chi connectivity index (χ2v) is 5.19. The SMILES string of the molecule is CC(Cc1ccc(Br)cc1)NC(=O)NCCC(=O)O.